The van der Waals surface area contributed by atoms with E-state index >= 15 is 0 Å². The predicted molar refractivity (Wildman–Crippen MR) is 119 cm³/mol. The second-order valence-corrected chi connectivity index (χ2v) is 8.90. The van der Waals surface area contributed by atoms with Gasteiger partial charge in [-0.1, -0.05) is 13.8 Å². The van der Waals surface area contributed by atoms with Gasteiger partial charge in [-0.2, -0.15) is 5.10 Å². The zero-order valence-electron chi connectivity index (χ0n) is 19.2. The molecule has 1 fully saturated rings. The summed E-state index contributed by atoms with van der Waals surface area (Å²) in [4.78, 5) is 7.55. The first kappa shape index (κ1) is 22.7. The number of nitrogens with one attached hydrogen (secondary N) is 2. The predicted octanol–water partition coefficient (Wildman–Crippen LogP) is 2.89. The molecule has 2 N–H and O–H groups in total. The summed E-state index contributed by atoms with van der Waals surface area (Å²) in [5.41, 5.74) is 3.72. The largest absolute Gasteiger partial charge is 0.357 e. The highest BCUT2D eigenvalue weighted by Gasteiger charge is 2.20. The van der Waals surface area contributed by atoms with E-state index in [-0.39, 0.29) is 0 Å². The van der Waals surface area contributed by atoms with Crippen LogP contribution in [0.2, 0.25) is 0 Å². The lowest BCUT2D eigenvalue weighted by Crippen LogP contribution is -2.44. The normalized spacial score (nSPS) is 19.9. The lowest BCUT2D eigenvalue weighted by atomic mass is 9.97. The maximum Gasteiger partial charge on any atom is 0.191 e. The van der Waals surface area contributed by atoms with Crippen molar-refractivity contribution in [1.82, 2.24) is 25.3 Å². The zero-order valence-corrected chi connectivity index (χ0v) is 19.2. The highest BCUT2D eigenvalue weighted by Crippen LogP contribution is 2.18. The molecule has 2 rings (SSSR count). The average molecular weight is 391 g/mol. The van der Waals surface area contributed by atoms with Crippen molar-refractivity contribution in [1.29, 1.82) is 0 Å². The Labute approximate surface area is 172 Å². The van der Waals surface area contributed by atoms with E-state index in [2.05, 4.69) is 62.2 Å². The molecule has 1 aromatic rings. The number of guanidine groups is 1. The van der Waals surface area contributed by atoms with Crippen LogP contribution in [0.4, 0.5) is 0 Å². The molecule has 28 heavy (non-hydrogen) atoms. The van der Waals surface area contributed by atoms with Gasteiger partial charge < -0.3 is 15.5 Å². The van der Waals surface area contributed by atoms with Crippen LogP contribution < -0.4 is 10.6 Å². The highest BCUT2D eigenvalue weighted by molar-refractivity contribution is 5.80. The van der Waals surface area contributed by atoms with Crippen molar-refractivity contribution in [3.05, 3.63) is 17.0 Å². The van der Waals surface area contributed by atoms with Gasteiger partial charge in [-0.15, -0.1) is 0 Å². The lowest BCUT2D eigenvalue weighted by Gasteiger charge is -2.33. The molecule has 6 nitrogen and oxygen atoms in total. The molecule has 2 heterocycles. The molecule has 0 aliphatic carbocycles. The van der Waals surface area contributed by atoms with Gasteiger partial charge in [-0.05, 0) is 70.9 Å². The molecule has 0 spiro atoms. The van der Waals surface area contributed by atoms with Gasteiger partial charge in [0.05, 0.1) is 5.69 Å². The van der Waals surface area contributed by atoms with E-state index in [0.717, 1.165) is 37.1 Å². The van der Waals surface area contributed by atoms with E-state index in [1.165, 1.54) is 43.7 Å². The number of aliphatic imine (C=N–C) groups is 1. The van der Waals surface area contributed by atoms with Gasteiger partial charge in [0.2, 0.25) is 0 Å². The topological polar surface area (TPSA) is 57.5 Å². The number of nitrogens with zero attached hydrogens (tertiary/aromatic N) is 4. The number of likely N-dealkylation sites (tertiary alicyclic amines) is 1. The van der Waals surface area contributed by atoms with Crippen molar-refractivity contribution in [2.45, 2.75) is 66.8 Å². The summed E-state index contributed by atoms with van der Waals surface area (Å²) in [6, 6.07) is 0.309. The molecule has 0 radical (unpaired) electrons. The second kappa shape index (κ2) is 10.8. The van der Waals surface area contributed by atoms with Crippen LogP contribution >= 0.6 is 0 Å². The van der Waals surface area contributed by atoms with Crippen LogP contribution in [0.1, 0.15) is 57.5 Å². The van der Waals surface area contributed by atoms with Gasteiger partial charge >= 0.3 is 0 Å². The van der Waals surface area contributed by atoms with E-state index in [0.29, 0.717) is 12.0 Å². The minimum absolute atomic E-state index is 0.309. The quantitative estimate of drug-likeness (QED) is 0.529. The fourth-order valence-electron chi connectivity index (χ4n) is 4.23. The van der Waals surface area contributed by atoms with Gasteiger partial charge in [-0.25, -0.2) is 0 Å². The molecule has 0 bridgehead atoms. The van der Waals surface area contributed by atoms with Gasteiger partial charge in [-0.3, -0.25) is 9.67 Å². The van der Waals surface area contributed by atoms with Gasteiger partial charge in [0.15, 0.2) is 5.96 Å². The first-order valence-corrected chi connectivity index (χ1v) is 11.1. The maximum absolute atomic E-state index is 4.93. The molecule has 2 unspecified atom stereocenters. The molecule has 1 aliphatic rings. The van der Waals surface area contributed by atoms with Crippen LogP contribution in [-0.2, 0) is 13.5 Å². The Morgan fingerprint density at radius 1 is 1.29 bits per heavy atom. The molecule has 1 aliphatic heterocycles. The van der Waals surface area contributed by atoms with Crippen LogP contribution in [-0.4, -0.2) is 59.4 Å². The third-order valence-electron chi connectivity index (χ3n) is 5.63. The van der Waals surface area contributed by atoms with Crippen molar-refractivity contribution >= 4 is 5.96 Å². The third-order valence-corrected chi connectivity index (χ3v) is 5.63. The van der Waals surface area contributed by atoms with Crippen molar-refractivity contribution in [2.24, 2.45) is 23.9 Å². The highest BCUT2D eigenvalue weighted by atomic mass is 15.3. The summed E-state index contributed by atoms with van der Waals surface area (Å²) in [5, 5.41) is 11.6. The molecule has 2 atom stereocenters. The van der Waals surface area contributed by atoms with E-state index in [1.807, 2.05) is 11.7 Å². The summed E-state index contributed by atoms with van der Waals surface area (Å²) in [6.45, 7) is 18.6. The standard InChI is InChI=1S/C22H42N6/c1-8-23-22(24-13-20-10-9-11-28(15-20)14-16(2)3)25-17(4)12-21-18(5)26-27(7)19(21)6/h16-17,20H,8-15H2,1-7H3,(H2,23,24,25). The Balaban J connectivity index is 1.92. The maximum atomic E-state index is 4.93. The Morgan fingerprint density at radius 3 is 2.64 bits per heavy atom. The van der Waals surface area contributed by atoms with E-state index in [4.69, 9.17) is 4.99 Å². The average Bonchev–Trinajstić information content (AvgIpc) is 2.86. The van der Waals surface area contributed by atoms with E-state index < -0.39 is 0 Å². The summed E-state index contributed by atoms with van der Waals surface area (Å²) in [6.07, 6.45) is 3.55. The van der Waals surface area contributed by atoms with Gasteiger partial charge in [0.1, 0.15) is 0 Å². The first-order chi connectivity index (χ1) is 13.3. The van der Waals surface area contributed by atoms with Crippen molar-refractivity contribution < 1.29 is 0 Å². The van der Waals surface area contributed by atoms with Crippen LogP contribution in [0.15, 0.2) is 4.99 Å². The molecule has 1 saturated heterocycles. The number of aryl methyl sites for hydroxylation is 2. The van der Waals surface area contributed by atoms with Crippen LogP contribution in [0, 0.1) is 25.7 Å². The third kappa shape index (κ3) is 6.80. The Morgan fingerprint density at radius 2 is 2.04 bits per heavy atom. The molecule has 6 heteroatoms. The molecular weight excluding hydrogens is 348 g/mol. The molecule has 1 aromatic heterocycles. The van der Waals surface area contributed by atoms with Crippen molar-refractivity contribution in [3.8, 4) is 0 Å². The monoisotopic (exact) mass is 390 g/mol. The number of hydrogen-bond donors (Lipinski definition) is 2. The number of hydrogen-bond acceptors (Lipinski definition) is 3. The van der Waals surface area contributed by atoms with Crippen LogP contribution in [0.5, 0.6) is 0 Å². The number of rotatable bonds is 8. The molecule has 0 aromatic carbocycles. The second-order valence-electron chi connectivity index (χ2n) is 8.90. The van der Waals surface area contributed by atoms with Gasteiger partial charge in [0.25, 0.3) is 0 Å². The number of aromatic nitrogens is 2. The summed E-state index contributed by atoms with van der Waals surface area (Å²) >= 11 is 0. The van der Waals surface area contributed by atoms with Crippen LogP contribution in [0.3, 0.4) is 0 Å². The van der Waals surface area contributed by atoms with E-state index in [1.54, 1.807) is 0 Å². The summed E-state index contributed by atoms with van der Waals surface area (Å²) in [7, 11) is 2.02. The minimum atomic E-state index is 0.309. The molecule has 0 saturated carbocycles. The SMILES string of the molecule is CCNC(=NCC1CCCN(CC(C)C)C1)NC(C)Cc1c(C)nn(C)c1C. The summed E-state index contributed by atoms with van der Waals surface area (Å²) < 4.78 is 1.97. The van der Waals surface area contributed by atoms with Gasteiger partial charge in [0, 0.05) is 45.0 Å². The van der Waals surface area contributed by atoms with Crippen molar-refractivity contribution in [2.75, 3.05) is 32.7 Å². The fourth-order valence-corrected chi connectivity index (χ4v) is 4.23. The van der Waals surface area contributed by atoms with Crippen LogP contribution in [0.25, 0.3) is 0 Å². The smallest absolute Gasteiger partial charge is 0.191 e. The van der Waals surface area contributed by atoms with E-state index in [9.17, 15) is 0 Å². The molecular formula is C22H42N6. The Kier molecular flexibility index (Phi) is 8.80. The first-order valence-electron chi connectivity index (χ1n) is 11.1. The summed E-state index contributed by atoms with van der Waals surface area (Å²) in [5.74, 6) is 2.35. The molecule has 160 valence electrons. The fraction of sp³-hybridized carbons (Fsp3) is 0.818. The Hall–Kier alpha value is -1.56. The molecule has 0 amide bonds. The van der Waals surface area contributed by atoms with Crippen molar-refractivity contribution in [3.63, 3.8) is 0 Å². The Bertz CT molecular complexity index is 633. The zero-order chi connectivity index (χ0) is 20.7. The minimum Gasteiger partial charge on any atom is -0.357 e. The number of piperidine rings is 1. The lowest BCUT2D eigenvalue weighted by molar-refractivity contribution is 0.162.